The molecule has 19 heavy (non-hydrogen) atoms. The number of nitrogens with zero attached hydrogens (tertiary/aromatic N) is 1. The molecule has 0 aromatic heterocycles. The molecular formula is C16H32N2S. The van der Waals surface area contributed by atoms with Crippen molar-refractivity contribution in [1.29, 1.82) is 0 Å². The fraction of sp³-hybridized carbons (Fsp3) is 1.00. The van der Waals surface area contributed by atoms with Crippen molar-refractivity contribution in [2.75, 3.05) is 24.6 Å². The van der Waals surface area contributed by atoms with E-state index in [1.165, 1.54) is 63.1 Å². The topological polar surface area (TPSA) is 15.3 Å². The van der Waals surface area contributed by atoms with Gasteiger partial charge in [-0.25, -0.2) is 0 Å². The van der Waals surface area contributed by atoms with E-state index in [0.717, 1.165) is 12.1 Å². The lowest BCUT2D eigenvalue weighted by molar-refractivity contribution is 0.0339. The molecular weight excluding hydrogens is 252 g/mol. The Morgan fingerprint density at radius 2 is 2.00 bits per heavy atom. The molecule has 1 saturated carbocycles. The summed E-state index contributed by atoms with van der Waals surface area (Å²) in [5.41, 5.74) is 0.453. The van der Waals surface area contributed by atoms with E-state index in [0.29, 0.717) is 5.54 Å². The number of thioether (sulfide) groups is 1. The van der Waals surface area contributed by atoms with Gasteiger partial charge in [-0.3, -0.25) is 4.90 Å². The van der Waals surface area contributed by atoms with E-state index in [1.54, 1.807) is 0 Å². The highest BCUT2D eigenvalue weighted by molar-refractivity contribution is 7.99. The third-order valence-corrected chi connectivity index (χ3v) is 6.20. The number of nitrogens with one attached hydrogen (secondary N) is 1. The second-order valence-electron chi connectivity index (χ2n) is 6.46. The minimum Gasteiger partial charge on any atom is -0.308 e. The summed E-state index contributed by atoms with van der Waals surface area (Å²) in [6, 6.07) is 1.48. The van der Waals surface area contributed by atoms with E-state index >= 15 is 0 Å². The van der Waals surface area contributed by atoms with Crippen LogP contribution in [-0.4, -0.2) is 47.1 Å². The molecule has 0 amide bonds. The largest absolute Gasteiger partial charge is 0.308 e. The van der Waals surface area contributed by atoms with Crippen molar-refractivity contribution in [2.45, 2.75) is 76.9 Å². The van der Waals surface area contributed by atoms with Gasteiger partial charge in [-0.2, -0.15) is 11.8 Å². The Balaban J connectivity index is 1.99. The first-order valence-corrected chi connectivity index (χ1v) is 9.45. The summed E-state index contributed by atoms with van der Waals surface area (Å²) in [5.74, 6) is 2.54. The summed E-state index contributed by atoms with van der Waals surface area (Å²) >= 11 is 2.10. The van der Waals surface area contributed by atoms with Crippen molar-refractivity contribution in [3.05, 3.63) is 0 Å². The number of piperazine rings is 1. The standard InChI is InChI=1S/C16H32N2S/c1-4-15-11-17-16(9-7-6-8-10-16)13-18(15)14(3)12-19-5-2/h14-15,17H,4-13H2,1-3H3. The summed E-state index contributed by atoms with van der Waals surface area (Å²) in [6.45, 7) is 9.55. The third kappa shape index (κ3) is 3.89. The normalized spacial score (nSPS) is 29.5. The molecule has 0 radical (unpaired) electrons. The minimum absolute atomic E-state index is 0.453. The Morgan fingerprint density at radius 1 is 1.26 bits per heavy atom. The van der Waals surface area contributed by atoms with E-state index in [1.807, 2.05) is 0 Å². The first-order chi connectivity index (χ1) is 9.21. The van der Waals surface area contributed by atoms with Gasteiger partial charge in [0.05, 0.1) is 0 Å². The van der Waals surface area contributed by atoms with Crippen LogP contribution in [0.25, 0.3) is 0 Å². The van der Waals surface area contributed by atoms with Gasteiger partial charge in [-0.05, 0) is 31.9 Å². The molecule has 1 saturated heterocycles. The Labute approximate surface area is 124 Å². The van der Waals surface area contributed by atoms with Crippen molar-refractivity contribution in [2.24, 2.45) is 0 Å². The zero-order valence-corrected chi connectivity index (χ0v) is 13.9. The lowest BCUT2D eigenvalue weighted by Crippen LogP contribution is -2.66. The summed E-state index contributed by atoms with van der Waals surface area (Å²) in [7, 11) is 0. The van der Waals surface area contributed by atoms with E-state index < -0.39 is 0 Å². The van der Waals surface area contributed by atoms with Crippen LogP contribution in [0.4, 0.5) is 0 Å². The lowest BCUT2D eigenvalue weighted by atomic mass is 9.79. The maximum absolute atomic E-state index is 3.93. The quantitative estimate of drug-likeness (QED) is 0.831. The lowest BCUT2D eigenvalue weighted by Gasteiger charge is -2.51. The van der Waals surface area contributed by atoms with Crippen LogP contribution in [0.2, 0.25) is 0 Å². The second-order valence-corrected chi connectivity index (χ2v) is 7.78. The van der Waals surface area contributed by atoms with Crippen LogP contribution < -0.4 is 5.32 Å². The van der Waals surface area contributed by atoms with Crippen LogP contribution in [-0.2, 0) is 0 Å². The fourth-order valence-corrected chi connectivity index (χ4v) is 4.60. The Hall–Kier alpha value is 0.270. The number of hydrogen-bond donors (Lipinski definition) is 1. The predicted octanol–water partition coefficient (Wildman–Crippen LogP) is 3.51. The molecule has 1 aliphatic heterocycles. The van der Waals surface area contributed by atoms with Gasteiger partial charge >= 0.3 is 0 Å². The van der Waals surface area contributed by atoms with Crippen LogP contribution in [0.5, 0.6) is 0 Å². The van der Waals surface area contributed by atoms with Crippen LogP contribution in [0.1, 0.15) is 59.3 Å². The second kappa shape index (κ2) is 7.33. The summed E-state index contributed by atoms with van der Waals surface area (Å²) in [4.78, 5) is 2.82. The van der Waals surface area contributed by atoms with Gasteiger partial charge in [-0.15, -0.1) is 0 Å². The van der Waals surface area contributed by atoms with E-state index in [2.05, 4.69) is 42.7 Å². The molecule has 0 bridgehead atoms. The third-order valence-electron chi connectivity index (χ3n) is 5.08. The van der Waals surface area contributed by atoms with Crippen molar-refractivity contribution in [3.8, 4) is 0 Å². The Bertz CT molecular complexity index is 263. The molecule has 1 aliphatic carbocycles. The maximum atomic E-state index is 3.93. The Kier molecular flexibility index (Phi) is 6.04. The molecule has 1 heterocycles. The zero-order valence-electron chi connectivity index (χ0n) is 13.1. The van der Waals surface area contributed by atoms with Gasteiger partial charge in [0.25, 0.3) is 0 Å². The van der Waals surface area contributed by atoms with Crippen LogP contribution >= 0.6 is 11.8 Å². The average Bonchev–Trinajstić information content (AvgIpc) is 2.45. The van der Waals surface area contributed by atoms with Crippen molar-refractivity contribution >= 4 is 11.8 Å². The van der Waals surface area contributed by atoms with Crippen molar-refractivity contribution in [1.82, 2.24) is 10.2 Å². The minimum atomic E-state index is 0.453. The van der Waals surface area contributed by atoms with Crippen LogP contribution in [0.15, 0.2) is 0 Å². The molecule has 0 aromatic rings. The molecule has 2 rings (SSSR count). The molecule has 2 unspecified atom stereocenters. The monoisotopic (exact) mass is 284 g/mol. The predicted molar refractivity (Wildman–Crippen MR) is 87.1 cm³/mol. The summed E-state index contributed by atoms with van der Waals surface area (Å²) < 4.78 is 0. The molecule has 112 valence electrons. The Morgan fingerprint density at radius 3 is 2.63 bits per heavy atom. The van der Waals surface area contributed by atoms with Gasteiger partial charge in [-0.1, -0.05) is 33.1 Å². The number of rotatable bonds is 5. The van der Waals surface area contributed by atoms with Gasteiger partial charge in [0.1, 0.15) is 0 Å². The highest BCUT2D eigenvalue weighted by atomic mass is 32.2. The molecule has 2 fully saturated rings. The zero-order chi connectivity index (χ0) is 13.7. The molecule has 3 heteroatoms. The SMILES string of the molecule is CCSCC(C)N1CC2(CCCCC2)NCC1CC. The summed E-state index contributed by atoms with van der Waals surface area (Å²) in [6.07, 6.45) is 8.37. The maximum Gasteiger partial charge on any atom is 0.0309 e. The summed E-state index contributed by atoms with van der Waals surface area (Å²) in [5, 5.41) is 3.93. The van der Waals surface area contributed by atoms with Crippen LogP contribution in [0, 0.1) is 0 Å². The first-order valence-electron chi connectivity index (χ1n) is 8.29. The van der Waals surface area contributed by atoms with Gasteiger partial charge in [0.2, 0.25) is 0 Å². The first kappa shape index (κ1) is 15.7. The molecule has 2 atom stereocenters. The van der Waals surface area contributed by atoms with Gasteiger partial charge in [0, 0.05) is 36.5 Å². The van der Waals surface area contributed by atoms with E-state index in [-0.39, 0.29) is 0 Å². The van der Waals surface area contributed by atoms with Gasteiger partial charge < -0.3 is 5.32 Å². The fourth-order valence-electron chi connectivity index (χ4n) is 3.83. The molecule has 2 nitrogen and oxygen atoms in total. The van der Waals surface area contributed by atoms with Crippen molar-refractivity contribution < 1.29 is 0 Å². The van der Waals surface area contributed by atoms with Gasteiger partial charge in [0.15, 0.2) is 0 Å². The highest BCUT2D eigenvalue weighted by Crippen LogP contribution is 2.33. The highest BCUT2D eigenvalue weighted by Gasteiger charge is 2.40. The smallest absolute Gasteiger partial charge is 0.0309 e. The molecule has 1 N–H and O–H groups in total. The molecule has 0 aromatic carbocycles. The van der Waals surface area contributed by atoms with E-state index in [9.17, 15) is 0 Å². The molecule has 1 spiro atoms. The number of hydrogen-bond acceptors (Lipinski definition) is 3. The average molecular weight is 285 g/mol. The van der Waals surface area contributed by atoms with E-state index in [4.69, 9.17) is 0 Å². The molecule has 2 aliphatic rings. The van der Waals surface area contributed by atoms with Crippen molar-refractivity contribution in [3.63, 3.8) is 0 Å². The van der Waals surface area contributed by atoms with Crippen LogP contribution in [0.3, 0.4) is 0 Å².